The van der Waals surface area contributed by atoms with Crippen molar-refractivity contribution in [3.63, 3.8) is 0 Å². The van der Waals surface area contributed by atoms with Gasteiger partial charge in [-0.25, -0.2) is 0 Å². The second-order valence-corrected chi connectivity index (χ2v) is 6.22. The van der Waals surface area contributed by atoms with E-state index in [1.165, 1.54) is 16.5 Å². The van der Waals surface area contributed by atoms with Crippen LogP contribution >= 0.6 is 11.6 Å². The Morgan fingerprint density at radius 3 is 2.29 bits per heavy atom. The summed E-state index contributed by atoms with van der Waals surface area (Å²) >= 11 is 6.01. The third-order valence-electron chi connectivity index (χ3n) is 4.22. The van der Waals surface area contributed by atoms with Crippen LogP contribution < -0.4 is 5.32 Å². The molecule has 1 atom stereocenters. The van der Waals surface area contributed by atoms with Gasteiger partial charge in [0.1, 0.15) is 0 Å². The highest BCUT2D eigenvalue weighted by molar-refractivity contribution is 6.30. The van der Waals surface area contributed by atoms with Crippen LogP contribution in [0.4, 0.5) is 5.69 Å². The Balaban J connectivity index is 1.80. The first-order valence-electron chi connectivity index (χ1n) is 7.94. The molecule has 0 saturated heterocycles. The van der Waals surface area contributed by atoms with Crippen molar-refractivity contribution in [2.75, 3.05) is 5.32 Å². The third-order valence-corrected chi connectivity index (χ3v) is 4.47. The van der Waals surface area contributed by atoms with Crippen LogP contribution in [0.25, 0.3) is 10.9 Å². The van der Waals surface area contributed by atoms with Gasteiger partial charge < -0.3 is 10.3 Å². The number of nitrogens with one attached hydrogen (secondary N) is 2. The largest absolute Gasteiger partial charge is 0.374 e. The molecule has 2 N–H and O–H groups in total. The fraction of sp³-hybridized carbons (Fsp3) is 0.0476. The molecular weight excluding hydrogens is 316 g/mol. The molecule has 118 valence electrons. The van der Waals surface area contributed by atoms with Gasteiger partial charge in [0.15, 0.2) is 0 Å². The van der Waals surface area contributed by atoms with Gasteiger partial charge >= 0.3 is 0 Å². The zero-order valence-electron chi connectivity index (χ0n) is 13.0. The second-order valence-electron chi connectivity index (χ2n) is 5.78. The van der Waals surface area contributed by atoms with Crippen molar-refractivity contribution in [2.45, 2.75) is 6.04 Å². The average molecular weight is 333 g/mol. The van der Waals surface area contributed by atoms with Gasteiger partial charge in [-0.2, -0.15) is 0 Å². The van der Waals surface area contributed by atoms with Gasteiger partial charge in [-0.05, 0) is 35.9 Å². The number of anilines is 1. The lowest BCUT2D eigenvalue weighted by Crippen LogP contribution is -2.11. The molecule has 24 heavy (non-hydrogen) atoms. The molecule has 0 fully saturated rings. The molecule has 1 aromatic heterocycles. The van der Waals surface area contributed by atoms with Crippen LogP contribution in [0.15, 0.2) is 85.1 Å². The van der Waals surface area contributed by atoms with Crippen molar-refractivity contribution in [1.82, 2.24) is 4.98 Å². The van der Waals surface area contributed by atoms with E-state index in [4.69, 9.17) is 11.6 Å². The number of para-hydroxylation sites is 1. The van der Waals surface area contributed by atoms with E-state index in [1.54, 1.807) is 0 Å². The maximum Gasteiger partial charge on any atom is 0.0788 e. The molecule has 0 aliphatic heterocycles. The van der Waals surface area contributed by atoms with Crippen LogP contribution in [0.3, 0.4) is 0 Å². The van der Waals surface area contributed by atoms with E-state index >= 15 is 0 Å². The molecule has 4 rings (SSSR count). The Morgan fingerprint density at radius 2 is 1.50 bits per heavy atom. The first kappa shape index (κ1) is 14.9. The summed E-state index contributed by atoms with van der Waals surface area (Å²) < 4.78 is 0. The Kier molecular flexibility index (Phi) is 3.97. The number of aromatic amines is 1. The first-order valence-corrected chi connectivity index (χ1v) is 8.32. The normalized spacial score (nSPS) is 12.2. The Morgan fingerprint density at radius 1 is 0.792 bits per heavy atom. The predicted octanol–water partition coefficient (Wildman–Crippen LogP) is 6.02. The summed E-state index contributed by atoms with van der Waals surface area (Å²) in [5.74, 6) is 0. The monoisotopic (exact) mass is 332 g/mol. The lowest BCUT2D eigenvalue weighted by molar-refractivity contribution is 0.949. The van der Waals surface area contributed by atoms with Crippen molar-refractivity contribution in [3.05, 3.63) is 101 Å². The van der Waals surface area contributed by atoms with Gasteiger partial charge in [-0.3, -0.25) is 0 Å². The van der Waals surface area contributed by atoms with Crippen molar-refractivity contribution in [1.29, 1.82) is 0 Å². The Labute approximate surface area is 146 Å². The predicted molar refractivity (Wildman–Crippen MR) is 102 cm³/mol. The summed E-state index contributed by atoms with van der Waals surface area (Å²) in [7, 11) is 0. The van der Waals surface area contributed by atoms with E-state index in [-0.39, 0.29) is 6.04 Å². The number of aromatic nitrogens is 1. The highest BCUT2D eigenvalue weighted by Gasteiger charge is 2.17. The zero-order valence-corrected chi connectivity index (χ0v) is 13.8. The number of rotatable bonds is 4. The quantitative estimate of drug-likeness (QED) is 0.469. The van der Waals surface area contributed by atoms with Crippen LogP contribution in [0, 0.1) is 0 Å². The van der Waals surface area contributed by atoms with Crippen molar-refractivity contribution < 1.29 is 0 Å². The van der Waals surface area contributed by atoms with E-state index in [0.717, 1.165) is 16.2 Å². The van der Waals surface area contributed by atoms with Gasteiger partial charge in [-0.1, -0.05) is 60.1 Å². The number of hydrogen-bond acceptors (Lipinski definition) is 1. The SMILES string of the molecule is Clc1ccc(NC(c2ccccc2)c2c[nH]c3ccccc23)cc1. The highest BCUT2D eigenvalue weighted by Crippen LogP contribution is 2.32. The minimum absolute atomic E-state index is 0.0588. The molecule has 0 aliphatic carbocycles. The number of fused-ring (bicyclic) bond motifs is 1. The van der Waals surface area contributed by atoms with Gasteiger partial charge in [0.2, 0.25) is 0 Å². The van der Waals surface area contributed by atoms with Gasteiger partial charge in [0, 0.05) is 33.4 Å². The smallest absolute Gasteiger partial charge is 0.0788 e. The average Bonchev–Trinajstić information content (AvgIpc) is 3.06. The van der Waals surface area contributed by atoms with E-state index < -0.39 is 0 Å². The van der Waals surface area contributed by atoms with E-state index in [1.807, 2.05) is 36.4 Å². The summed E-state index contributed by atoms with van der Waals surface area (Å²) in [6.07, 6.45) is 2.09. The standard InChI is InChI=1S/C21H17ClN2/c22-16-10-12-17(13-11-16)24-21(15-6-2-1-3-7-15)19-14-23-20-9-5-4-8-18(19)20/h1-14,21,23-24H. The van der Waals surface area contributed by atoms with Crippen LogP contribution in [-0.2, 0) is 0 Å². The van der Waals surface area contributed by atoms with Gasteiger partial charge in [-0.15, -0.1) is 0 Å². The minimum Gasteiger partial charge on any atom is -0.374 e. The first-order chi connectivity index (χ1) is 11.8. The maximum absolute atomic E-state index is 6.01. The van der Waals surface area contributed by atoms with E-state index in [2.05, 4.69) is 59.0 Å². The Hall–Kier alpha value is -2.71. The van der Waals surface area contributed by atoms with E-state index in [0.29, 0.717) is 0 Å². The molecule has 3 aromatic carbocycles. The molecule has 3 heteroatoms. The molecule has 0 aliphatic rings. The van der Waals surface area contributed by atoms with Crippen molar-refractivity contribution >= 4 is 28.2 Å². The minimum atomic E-state index is 0.0588. The highest BCUT2D eigenvalue weighted by atomic mass is 35.5. The van der Waals surface area contributed by atoms with Crippen LogP contribution in [0.1, 0.15) is 17.2 Å². The molecule has 0 spiro atoms. The molecule has 0 radical (unpaired) electrons. The molecule has 4 aromatic rings. The summed E-state index contributed by atoms with van der Waals surface area (Å²) in [6.45, 7) is 0. The van der Waals surface area contributed by atoms with Crippen LogP contribution in [-0.4, -0.2) is 4.98 Å². The van der Waals surface area contributed by atoms with Crippen molar-refractivity contribution in [3.8, 4) is 0 Å². The maximum atomic E-state index is 6.01. The third kappa shape index (κ3) is 2.89. The molecule has 1 heterocycles. The fourth-order valence-electron chi connectivity index (χ4n) is 3.03. The second kappa shape index (κ2) is 6.42. The molecule has 0 bridgehead atoms. The summed E-state index contributed by atoms with van der Waals surface area (Å²) in [5, 5.41) is 5.61. The summed E-state index contributed by atoms with van der Waals surface area (Å²) in [4.78, 5) is 3.37. The molecular formula is C21H17ClN2. The molecule has 2 nitrogen and oxygen atoms in total. The molecule has 1 unspecified atom stereocenters. The van der Waals surface area contributed by atoms with Gasteiger partial charge in [0.25, 0.3) is 0 Å². The van der Waals surface area contributed by atoms with E-state index in [9.17, 15) is 0 Å². The lowest BCUT2D eigenvalue weighted by Gasteiger charge is -2.20. The summed E-state index contributed by atoms with van der Waals surface area (Å²) in [5.41, 5.74) is 4.63. The topological polar surface area (TPSA) is 27.8 Å². The molecule has 0 amide bonds. The van der Waals surface area contributed by atoms with Gasteiger partial charge in [0.05, 0.1) is 6.04 Å². The van der Waals surface area contributed by atoms with Crippen molar-refractivity contribution in [2.24, 2.45) is 0 Å². The zero-order chi connectivity index (χ0) is 16.4. The fourth-order valence-corrected chi connectivity index (χ4v) is 3.16. The number of benzene rings is 3. The van der Waals surface area contributed by atoms with Crippen LogP contribution in [0.5, 0.6) is 0 Å². The number of halogens is 1. The van der Waals surface area contributed by atoms with Crippen LogP contribution in [0.2, 0.25) is 5.02 Å². The number of hydrogen-bond donors (Lipinski definition) is 2. The number of H-pyrrole nitrogens is 1. The molecule has 0 saturated carbocycles. The Bertz CT molecular complexity index is 942. The lowest BCUT2D eigenvalue weighted by atomic mass is 9.98. The summed E-state index contributed by atoms with van der Waals surface area (Å²) in [6, 6.07) is 26.7.